The van der Waals surface area contributed by atoms with Crippen LogP contribution in [0.4, 0.5) is 5.69 Å². The van der Waals surface area contributed by atoms with Crippen LogP contribution in [0.1, 0.15) is 5.56 Å². The molecule has 1 aromatic rings. The van der Waals surface area contributed by atoms with E-state index in [0.717, 1.165) is 16.8 Å². The van der Waals surface area contributed by atoms with Gasteiger partial charge >= 0.3 is 0 Å². The van der Waals surface area contributed by atoms with Crippen molar-refractivity contribution in [3.05, 3.63) is 59.8 Å². The van der Waals surface area contributed by atoms with E-state index in [-0.39, 0.29) is 5.57 Å². The number of nitriles is 2. The number of allylic oxidation sites excluding steroid dienone is 5. The van der Waals surface area contributed by atoms with Crippen molar-refractivity contribution in [2.75, 3.05) is 11.9 Å². The molecule has 1 aliphatic rings. The smallest absolute Gasteiger partial charge is 0.129 e. The Hall–Kier alpha value is -2.78. The van der Waals surface area contributed by atoms with E-state index < -0.39 is 0 Å². The van der Waals surface area contributed by atoms with Crippen LogP contribution in [-0.2, 0) is 0 Å². The van der Waals surface area contributed by atoms with E-state index in [1.54, 1.807) is 12.2 Å². The summed E-state index contributed by atoms with van der Waals surface area (Å²) in [5.74, 6) is 0. The molecule has 0 atom stereocenters. The first-order valence-corrected chi connectivity index (χ1v) is 5.49. The van der Waals surface area contributed by atoms with Crippen LogP contribution in [0.2, 0.25) is 0 Å². The van der Waals surface area contributed by atoms with Gasteiger partial charge in [-0.3, -0.25) is 0 Å². The van der Waals surface area contributed by atoms with Gasteiger partial charge in [0.05, 0.1) is 0 Å². The second-order valence-electron chi connectivity index (χ2n) is 3.87. The van der Waals surface area contributed by atoms with Gasteiger partial charge in [0.2, 0.25) is 0 Å². The molecule has 0 spiro atoms. The van der Waals surface area contributed by atoms with Crippen molar-refractivity contribution in [3.8, 4) is 12.1 Å². The highest BCUT2D eigenvalue weighted by molar-refractivity contribution is 5.86. The molecule has 1 heterocycles. The third kappa shape index (κ3) is 2.16. The average Bonchev–Trinajstić information content (AvgIpc) is 2.42. The summed E-state index contributed by atoms with van der Waals surface area (Å²) >= 11 is 0. The molecule has 0 amide bonds. The summed E-state index contributed by atoms with van der Waals surface area (Å²) in [4.78, 5) is 2.03. The molecule has 0 aliphatic carbocycles. The van der Waals surface area contributed by atoms with Gasteiger partial charge in [-0.05, 0) is 23.8 Å². The third-order valence-corrected chi connectivity index (χ3v) is 2.74. The van der Waals surface area contributed by atoms with Gasteiger partial charge in [-0.1, -0.05) is 24.3 Å². The molecule has 0 aromatic heterocycles. The lowest BCUT2D eigenvalue weighted by molar-refractivity contribution is 1.18. The predicted octanol–water partition coefficient (Wildman–Crippen LogP) is 3.01. The highest BCUT2D eigenvalue weighted by atomic mass is 15.1. The third-order valence-electron chi connectivity index (χ3n) is 2.74. The Labute approximate surface area is 106 Å². The number of hydrogen-bond donors (Lipinski definition) is 0. The fraction of sp³-hybridized carbons (Fsp3) is 0.0667. The second-order valence-corrected chi connectivity index (χ2v) is 3.87. The molecule has 3 heteroatoms. The Morgan fingerprint density at radius 1 is 1.22 bits per heavy atom. The van der Waals surface area contributed by atoms with Crippen LogP contribution in [0.5, 0.6) is 0 Å². The Balaban J connectivity index is 2.46. The van der Waals surface area contributed by atoms with E-state index in [0.29, 0.717) is 0 Å². The van der Waals surface area contributed by atoms with Gasteiger partial charge in [0.25, 0.3) is 0 Å². The SMILES string of the molecule is CN1C=C/C(=C\C=C(C#N)C#N)c2ccccc21. The molecule has 18 heavy (non-hydrogen) atoms. The normalized spacial score (nSPS) is 14.6. The summed E-state index contributed by atoms with van der Waals surface area (Å²) in [6.07, 6.45) is 7.26. The van der Waals surface area contributed by atoms with Crippen LogP contribution in [0, 0.1) is 22.7 Å². The number of hydrogen-bond acceptors (Lipinski definition) is 3. The van der Waals surface area contributed by atoms with Gasteiger partial charge in [0.15, 0.2) is 0 Å². The van der Waals surface area contributed by atoms with E-state index in [1.807, 2.05) is 60.6 Å². The Kier molecular flexibility index (Phi) is 3.27. The predicted molar refractivity (Wildman–Crippen MR) is 71.3 cm³/mol. The number of nitrogens with zero attached hydrogens (tertiary/aromatic N) is 3. The van der Waals surface area contributed by atoms with Crippen LogP contribution in [0.25, 0.3) is 5.57 Å². The van der Waals surface area contributed by atoms with Crippen LogP contribution in [0.15, 0.2) is 54.3 Å². The highest BCUT2D eigenvalue weighted by Crippen LogP contribution is 2.31. The van der Waals surface area contributed by atoms with Crippen molar-refractivity contribution in [3.63, 3.8) is 0 Å². The average molecular weight is 233 g/mol. The van der Waals surface area contributed by atoms with Gasteiger partial charge in [-0.25, -0.2) is 0 Å². The molecule has 0 saturated heterocycles. The molecule has 0 fully saturated rings. The van der Waals surface area contributed by atoms with E-state index in [2.05, 4.69) is 0 Å². The van der Waals surface area contributed by atoms with E-state index >= 15 is 0 Å². The number of fused-ring (bicyclic) bond motifs is 1. The first-order chi connectivity index (χ1) is 8.76. The number of benzene rings is 1. The fourth-order valence-electron chi connectivity index (χ4n) is 1.81. The van der Waals surface area contributed by atoms with E-state index in [1.165, 1.54) is 0 Å². The minimum absolute atomic E-state index is 0.104. The first kappa shape index (κ1) is 11.7. The monoisotopic (exact) mass is 233 g/mol. The zero-order valence-electron chi connectivity index (χ0n) is 9.96. The summed E-state index contributed by atoms with van der Waals surface area (Å²) in [7, 11) is 1.98. The Morgan fingerprint density at radius 3 is 2.67 bits per heavy atom. The molecule has 3 nitrogen and oxygen atoms in total. The lowest BCUT2D eigenvalue weighted by atomic mass is 9.99. The maximum Gasteiger partial charge on any atom is 0.129 e. The van der Waals surface area contributed by atoms with Crippen molar-refractivity contribution in [1.29, 1.82) is 10.5 Å². The quantitative estimate of drug-likeness (QED) is 0.700. The number of para-hydroxylation sites is 1. The minimum atomic E-state index is 0.104. The molecule has 0 unspecified atom stereocenters. The molecule has 0 saturated carbocycles. The Bertz CT molecular complexity index is 620. The largest absolute Gasteiger partial charge is 0.351 e. The number of anilines is 1. The zero-order valence-corrected chi connectivity index (χ0v) is 9.96. The van der Waals surface area contributed by atoms with Crippen molar-refractivity contribution < 1.29 is 0 Å². The van der Waals surface area contributed by atoms with Gasteiger partial charge in [0.1, 0.15) is 17.7 Å². The van der Waals surface area contributed by atoms with Crippen molar-refractivity contribution >= 4 is 11.3 Å². The maximum atomic E-state index is 8.70. The summed E-state index contributed by atoms with van der Waals surface area (Å²) in [5.41, 5.74) is 3.29. The molecule has 0 bridgehead atoms. The van der Waals surface area contributed by atoms with Crippen LogP contribution in [-0.4, -0.2) is 7.05 Å². The molecule has 1 aliphatic heterocycles. The molecular formula is C15H11N3. The van der Waals surface area contributed by atoms with Gasteiger partial charge < -0.3 is 4.90 Å². The van der Waals surface area contributed by atoms with Crippen LogP contribution in [0.3, 0.4) is 0 Å². The van der Waals surface area contributed by atoms with Crippen molar-refractivity contribution in [2.24, 2.45) is 0 Å². The number of rotatable bonds is 1. The summed E-state index contributed by atoms with van der Waals surface area (Å²) in [5, 5.41) is 17.4. The zero-order chi connectivity index (χ0) is 13.0. The standard InChI is InChI=1S/C15H11N3/c1-18-9-8-13(7-6-12(10-16)11-17)14-4-2-3-5-15(14)18/h2-9H,1H3/b13-7+. The topological polar surface area (TPSA) is 50.8 Å². The fourth-order valence-corrected chi connectivity index (χ4v) is 1.81. The summed E-state index contributed by atoms with van der Waals surface area (Å²) < 4.78 is 0. The molecule has 0 radical (unpaired) electrons. The lowest BCUT2D eigenvalue weighted by Gasteiger charge is -2.23. The molecule has 0 N–H and O–H groups in total. The summed E-state index contributed by atoms with van der Waals surface area (Å²) in [6.45, 7) is 0. The summed E-state index contributed by atoms with van der Waals surface area (Å²) in [6, 6.07) is 11.7. The van der Waals surface area contributed by atoms with Crippen LogP contribution < -0.4 is 4.90 Å². The second kappa shape index (κ2) is 5.03. The first-order valence-electron chi connectivity index (χ1n) is 5.49. The van der Waals surface area contributed by atoms with Gasteiger partial charge in [-0.2, -0.15) is 10.5 Å². The van der Waals surface area contributed by atoms with Gasteiger partial charge in [-0.15, -0.1) is 0 Å². The van der Waals surface area contributed by atoms with Crippen molar-refractivity contribution in [2.45, 2.75) is 0 Å². The molecular weight excluding hydrogens is 222 g/mol. The minimum Gasteiger partial charge on any atom is -0.351 e. The molecule has 2 rings (SSSR count). The van der Waals surface area contributed by atoms with Gasteiger partial charge in [0, 0.05) is 24.5 Å². The molecule has 1 aromatic carbocycles. The van der Waals surface area contributed by atoms with Crippen molar-refractivity contribution in [1.82, 2.24) is 0 Å². The van der Waals surface area contributed by atoms with E-state index in [9.17, 15) is 0 Å². The lowest BCUT2D eigenvalue weighted by Crippen LogP contribution is -2.13. The Morgan fingerprint density at radius 2 is 1.94 bits per heavy atom. The highest BCUT2D eigenvalue weighted by Gasteiger charge is 2.11. The van der Waals surface area contributed by atoms with E-state index in [4.69, 9.17) is 10.5 Å². The van der Waals surface area contributed by atoms with Crippen LogP contribution >= 0.6 is 0 Å². The molecule has 86 valence electrons. The maximum absolute atomic E-state index is 8.70.